The predicted molar refractivity (Wildman–Crippen MR) is 122 cm³/mol. The summed E-state index contributed by atoms with van der Waals surface area (Å²) in [6.07, 6.45) is 0. The zero-order valence-corrected chi connectivity index (χ0v) is 18.6. The number of aliphatic hydroxyl groups excluding tert-OH is 1. The van der Waals surface area contributed by atoms with Crippen molar-refractivity contribution in [3.8, 4) is 11.5 Å². The van der Waals surface area contributed by atoms with Gasteiger partial charge in [0, 0.05) is 6.07 Å². The van der Waals surface area contributed by atoms with Crippen molar-refractivity contribution in [3.63, 3.8) is 0 Å². The minimum absolute atomic E-state index is 0.0754. The molecule has 1 atom stereocenters. The van der Waals surface area contributed by atoms with Crippen LogP contribution >= 0.6 is 0 Å². The fourth-order valence-corrected chi connectivity index (χ4v) is 4.27. The molecular formula is C26H21F2NO5. The number of hydrogen-bond donors (Lipinski definition) is 2. The number of aryl methyl sites for hydroxylation is 2. The molecule has 2 N–H and O–H groups in total. The largest absolute Gasteiger partial charge is 0.508 e. The van der Waals surface area contributed by atoms with Crippen LogP contribution in [-0.4, -0.2) is 29.0 Å². The lowest BCUT2D eigenvalue weighted by Gasteiger charge is -2.26. The minimum atomic E-state index is -1.29. The zero-order chi connectivity index (χ0) is 24.7. The molecule has 1 aliphatic heterocycles. The Bertz CT molecular complexity index is 1350. The van der Waals surface area contributed by atoms with Gasteiger partial charge in [0.25, 0.3) is 11.7 Å². The fraction of sp³-hybridized carbons (Fsp3) is 0.154. The molecule has 1 aliphatic rings. The first-order valence-electron chi connectivity index (χ1n) is 10.3. The third kappa shape index (κ3) is 3.77. The number of carbonyl (C=O) groups excluding carboxylic acids is 2. The molecule has 3 aromatic carbocycles. The molecule has 0 spiro atoms. The Morgan fingerprint density at radius 3 is 2.32 bits per heavy atom. The Hall–Kier alpha value is -4.20. The number of ether oxygens (including phenoxy) is 1. The quantitative estimate of drug-likeness (QED) is 0.324. The molecule has 0 radical (unpaired) electrons. The lowest BCUT2D eigenvalue weighted by molar-refractivity contribution is -0.132. The second-order valence-electron chi connectivity index (χ2n) is 8.02. The monoisotopic (exact) mass is 465 g/mol. The van der Waals surface area contributed by atoms with E-state index >= 15 is 0 Å². The van der Waals surface area contributed by atoms with Crippen LogP contribution in [0.15, 0.2) is 60.2 Å². The van der Waals surface area contributed by atoms with Crippen LogP contribution in [0.1, 0.15) is 28.3 Å². The topological polar surface area (TPSA) is 87.1 Å². The van der Waals surface area contributed by atoms with Gasteiger partial charge < -0.3 is 14.9 Å². The minimum Gasteiger partial charge on any atom is -0.508 e. The summed E-state index contributed by atoms with van der Waals surface area (Å²) in [7, 11) is 1.41. The summed E-state index contributed by atoms with van der Waals surface area (Å²) in [5.41, 5.74) is 1.17. The lowest BCUT2D eigenvalue weighted by Crippen LogP contribution is -2.30. The number of nitrogens with zero attached hydrogens (tertiary/aromatic N) is 1. The number of phenols is 1. The maximum Gasteiger partial charge on any atom is 0.300 e. The molecule has 4 rings (SSSR count). The summed E-state index contributed by atoms with van der Waals surface area (Å²) in [6, 6.07) is 10.2. The van der Waals surface area contributed by atoms with Gasteiger partial charge in [-0.25, -0.2) is 8.78 Å². The van der Waals surface area contributed by atoms with Gasteiger partial charge in [0.05, 0.1) is 30.0 Å². The number of methoxy groups -OCH3 is 1. The van der Waals surface area contributed by atoms with Gasteiger partial charge in [-0.3, -0.25) is 14.5 Å². The van der Waals surface area contributed by atoms with Crippen LogP contribution in [0.3, 0.4) is 0 Å². The molecule has 3 aromatic rings. The van der Waals surface area contributed by atoms with Crippen molar-refractivity contribution in [2.24, 2.45) is 0 Å². The highest BCUT2D eigenvalue weighted by molar-refractivity contribution is 6.51. The summed E-state index contributed by atoms with van der Waals surface area (Å²) in [5.74, 6) is -4.22. The maximum absolute atomic E-state index is 14.7. The third-order valence-electron chi connectivity index (χ3n) is 5.70. The van der Waals surface area contributed by atoms with Gasteiger partial charge in [0.15, 0.2) is 0 Å². The van der Waals surface area contributed by atoms with Gasteiger partial charge in [-0.15, -0.1) is 0 Å². The first kappa shape index (κ1) is 23.0. The fourth-order valence-electron chi connectivity index (χ4n) is 4.27. The smallest absolute Gasteiger partial charge is 0.300 e. The van der Waals surface area contributed by atoms with E-state index in [0.717, 1.165) is 28.7 Å². The summed E-state index contributed by atoms with van der Waals surface area (Å²) >= 11 is 0. The summed E-state index contributed by atoms with van der Waals surface area (Å²) in [5, 5.41) is 21.0. The third-order valence-corrected chi connectivity index (χ3v) is 5.70. The normalized spacial score (nSPS) is 17.3. The maximum atomic E-state index is 14.7. The molecule has 0 aliphatic carbocycles. The predicted octanol–water partition coefficient (Wildman–Crippen LogP) is 4.92. The zero-order valence-electron chi connectivity index (χ0n) is 18.6. The highest BCUT2D eigenvalue weighted by atomic mass is 19.1. The first-order chi connectivity index (χ1) is 16.1. The number of aromatic hydroxyl groups is 1. The van der Waals surface area contributed by atoms with E-state index in [1.807, 2.05) is 6.07 Å². The Kier molecular flexibility index (Phi) is 5.83. The van der Waals surface area contributed by atoms with E-state index in [1.54, 1.807) is 19.9 Å². The SMILES string of the molecule is COc1c(C)cc(C)cc1/C(O)=C1\C(=O)C(=O)N(c2cc(F)ccc2F)C1c1ccc(O)cc1. The van der Waals surface area contributed by atoms with E-state index in [0.29, 0.717) is 16.9 Å². The van der Waals surface area contributed by atoms with Crippen molar-refractivity contribution in [2.75, 3.05) is 12.0 Å². The Morgan fingerprint density at radius 1 is 1.00 bits per heavy atom. The van der Waals surface area contributed by atoms with Gasteiger partial charge >= 0.3 is 0 Å². The molecule has 0 bridgehead atoms. The van der Waals surface area contributed by atoms with Crippen molar-refractivity contribution < 1.29 is 33.3 Å². The Morgan fingerprint density at radius 2 is 1.68 bits per heavy atom. The van der Waals surface area contributed by atoms with Crippen LogP contribution in [0.5, 0.6) is 11.5 Å². The van der Waals surface area contributed by atoms with E-state index in [4.69, 9.17) is 4.74 Å². The number of phenolic OH excluding ortho intramolecular Hbond substituents is 1. The molecule has 1 amide bonds. The number of Topliss-reactive ketones (excluding diaryl/α,β-unsaturated/α-hetero) is 1. The van der Waals surface area contributed by atoms with E-state index in [2.05, 4.69) is 0 Å². The van der Waals surface area contributed by atoms with Crippen LogP contribution in [-0.2, 0) is 9.59 Å². The molecular weight excluding hydrogens is 444 g/mol. The van der Waals surface area contributed by atoms with Crippen molar-refractivity contribution in [3.05, 3.63) is 94.1 Å². The summed E-state index contributed by atoms with van der Waals surface area (Å²) in [6.45, 7) is 3.56. The van der Waals surface area contributed by atoms with E-state index in [9.17, 15) is 28.6 Å². The van der Waals surface area contributed by atoms with Gasteiger partial charge in [-0.2, -0.15) is 0 Å². The van der Waals surface area contributed by atoms with Crippen LogP contribution < -0.4 is 9.64 Å². The molecule has 0 saturated carbocycles. The molecule has 34 heavy (non-hydrogen) atoms. The lowest BCUT2D eigenvalue weighted by atomic mass is 9.93. The molecule has 0 aromatic heterocycles. The number of ketones is 1. The standard InChI is InChI=1S/C26H21F2NO5/c1-13-10-14(2)25(34-3)18(11-13)23(31)21-22(15-4-7-17(30)8-5-15)29(26(33)24(21)32)20-12-16(27)6-9-19(20)28/h4-12,22,30-31H,1-3H3/b23-21+. The van der Waals surface area contributed by atoms with E-state index < -0.39 is 40.8 Å². The van der Waals surface area contributed by atoms with Crippen LogP contribution in [0.4, 0.5) is 14.5 Å². The molecule has 8 heteroatoms. The van der Waals surface area contributed by atoms with Crippen LogP contribution in [0, 0.1) is 25.5 Å². The van der Waals surface area contributed by atoms with Crippen molar-refractivity contribution in [1.29, 1.82) is 0 Å². The van der Waals surface area contributed by atoms with Gasteiger partial charge in [0.1, 0.15) is 28.9 Å². The number of carbonyl (C=O) groups is 2. The number of benzene rings is 3. The van der Waals surface area contributed by atoms with Gasteiger partial charge in [-0.05, 0) is 60.9 Å². The molecule has 6 nitrogen and oxygen atoms in total. The number of hydrogen-bond acceptors (Lipinski definition) is 5. The summed E-state index contributed by atoms with van der Waals surface area (Å²) < 4.78 is 34.2. The van der Waals surface area contributed by atoms with Crippen LogP contribution in [0.2, 0.25) is 0 Å². The molecule has 1 heterocycles. The molecule has 1 unspecified atom stereocenters. The number of amides is 1. The van der Waals surface area contributed by atoms with Crippen molar-refractivity contribution in [1.82, 2.24) is 0 Å². The molecule has 174 valence electrons. The molecule has 1 fully saturated rings. The second-order valence-corrected chi connectivity index (χ2v) is 8.02. The molecule has 1 saturated heterocycles. The van der Waals surface area contributed by atoms with Gasteiger partial charge in [0.2, 0.25) is 0 Å². The Balaban J connectivity index is 2.04. The first-order valence-corrected chi connectivity index (χ1v) is 10.3. The van der Waals surface area contributed by atoms with Crippen molar-refractivity contribution in [2.45, 2.75) is 19.9 Å². The summed E-state index contributed by atoms with van der Waals surface area (Å²) in [4.78, 5) is 27.1. The van der Waals surface area contributed by atoms with E-state index in [1.165, 1.54) is 31.4 Å². The van der Waals surface area contributed by atoms with E-state index in [-0.39, 0.29) is 16.9 Å². The van der Waals surface area contributed by atoms with Crippen molar-refractivity contribution >= 4 is 23.1 Å². The number of anilines is 1. The highest BCUT2D eigenvalue weighted by Crippen LogP contribution is 2.44. The Labute approximate surface area is 194 Å². The second kappa shape index (κ2) is 8.62. The number of aliphatic hydroxyl groups is 1. The average Bonchev–Trinajstić information content (AvgIpc) is 3.05. The average molecular weight is 465 g/mol. The van der Waals surface area contributed by atoms with Gasteiger partial charge in [-0.1, -0.05) is 18.2 Å². The number of rotatable bonds is 4. The number of halogens is 2. The highest BCUT2D eigenvalue weighted by Gasteiger charge is 2.48. The van der Waals surface area contributed by atoms with Crippen LogP contribution in [0.25, 0.3) is 5.76 Å².